The molecule has 20 heavy (non-hydrogen) atoms. The Morgan fingerprint density at radius 3 is 2.55 bits per heavy atom. The fourth-order valence-corrected chi connectivity index (χ4v) is 2.86. The van der Waals surface area contributed by atoms with Gasteiger partial charge in [-0.05, 0) is 43.2 Å². The summed E-state index contributed by atoms with van der Waals surface area (Å²) in [4.78, 5) is 1.13. The summed E-state index contributed by atoms with van der Waals surface area (Å²) >= 11 is 7.33. The zero-order valence-corrected chi connectivity index (χ0v) is 12.7. The van der Waals surface area contributed by atoms with Crippen molar-refractivity contribution in [2.45, 2.75) is 24.3 Å². The molecular formula is C16H16ClFOS. The molecule has 1 atom stereocenters. The lowest BCUT2D eigenvalue weighted by molar-refractivity contribution is 0.200. The molecule has 0 saturated heterocycles. The molecule has 0 aliphatic heterocycles. The quantitative estimate of drug-likeness (QED) is 0.822. The van der Waals surface area contributed by atoms with E-state index in [2.05, 4.69) is 12.1 Å². The van der Waals surface area contributed by atoms with Crippen LogP contribution in [0.4, 0.5) is 4.39 Å². The van der Waals surface area contributed by atoms with Gasteiger partial charge in [0, 0.05) is 10.6 Å². The highest BCUT2D eigenvalue weighted by Crippen LogP contribution is 2.21. The number of hydrogen-bond donors (Lipinski definition) is 1. The van der Waals surface area contributed by atoms with Crippen LogP contribution in [0.25, 0.3) is 0 Å². The minimum atomic E-state index is -0.483. The zero-order valence-electron chi connectivity index (χ0n) is 11.1. The van der Waals surface area contributed by atoms with Crippen molar-refractivity contribution in [3.63, 3.8) is 0 Å². The summed E-state index contributed by atoms with van der Waals surface area (Å²) < 4.78 is 13.0. The molecule has 1 N–H and O–H groups in total. The lowest BCUT2D eigenvalue weighted by Crippen LogP contribution is -2.13. The molecular weight excluding hydrogens is 295 g/mol. The van der Waals surface area contributed by atoms with Gasteiger partial charge in [-0.1, -0.05) is 35.4 Å². The summed E-state index contributed by atoms with van der Waals surface area (Å²) in [6.45, 7) is 2.04. The predicted molar refractivity (Wildman–Crippen MR) is 83.0 cm³/mol. The van der Waals surface area contributed by atoms with Crippen molar-refractivity contribution in [1.82, 2.24) is 0 Å². The molecule has 0 aliphatic rings. The minimum absolute atomic E-state index is 0.0980. The molecule has 2 aromatic carbocycles. The van der Waals surface area contributed by atoms with Gasteiger partial charge in [0.15, 0.2) is 0 Å². The Morgan fingerprint density at radius 1 is 1.20 bits per heavy atom. The van der Waals surface area contributed by atoms with Gasteiger partial charge in [-0.25, -0.2) is 4.39 Å². The second-order valence-electron chi connectivity index (χ2n) is 4.73. The third-order valence-electron chi connectivity index (χ3n) is 2.92. The number of rotatable bonds is 5. The first-order chi connectivity index (χ1) is 9.54. The summed E-state index contributed by atoms with van der Waals surface area (Å²) in [6.07, 6.45) is -0.0124. The molecule has 0 radical (unpaired) electrons. The molecule has 1 nitrogen and oxygen atoms in total. The molecule has 0 fully saturated rings. The van der Waals surface area contributed by atoms with Crippen molar-refractivity contribution < 1.29 is 9.50 Å². The van der Waals surface area contributed by atoms with Crippen LogP contribution in [-0.2, 0) is 6.42 Å². The molecule has 106 valence electrons. The standard InChI is InChI=1S/C16H16ClFOS/c1-11-2-5-14(6-3-11)20-10-13(19)8-12-4-7-16(18)15(17)9-12/h2-7,9,13,19H,8,10H2,1H3. The van der Waals surface area contributed by atoms with Gasteiger partial charge >= 0.3 is 0 Å². The highest BCUT2D eigenvalue weighted by Gasteiger charge is 2.08. The van der Waals surface area contributed by atoms with Crippen LogP contribution in [0.1, 0.15) is 11.1 Å². The van der Waals surface area contributed by atoms with E-state index in [0.717, 1.165) is 10.5 Å². The van der Waals surface area contributed by atoms with Crippen LogP contribution >= 0.6 is 23.4 Å². The van der Waals surface area contributed by atoms with E-state index in [1.54, 1.807) is 23.9 Å². The van der Waals surface area contributed by atoms with Crippen molar-refractivity contribution >= 4 is 23.4 Å². The van der Waals surface area contributed by atoms with Crippen LogP contribution in [0.15, 0.2) is 47.4 Å². The number of aryl methyl sites for hydroxylation is 1. The number of hydrogen-bond acceptors (Lipinski definition) is 2. The number of benzene rings is 2. The maximum absolute atomic E-state index is 13.0. The summed E-state index contributed by atoms with van der Waals surface area (Å²) in [6, 6.07) is 12.7. The van der Waals surface area contributed by atoms with Gasteiger partial charge < -0.3 is 5.11 Å². The molecule has 0 heterocycles. The van der Waals surface area contributed by atoms with Gasteiger partial charge in [0.05, 0.1) is 11.1 Å². The van der Waals surface area contributed by atoms with Crippen LogP contribution in [0.3, 0.4) is 0 Å². The van der Waals surface area contributed by atoms with Crippen molar-refractivity contribution in [3.8, 4) is 0 Å². The summed E-state index contributed by atoms with van der Waals surface area (Å²) in [5.41, 5.74) is 2.06. The maximum atomic E-state index is 13.0. The van der Waals surface area contributed by atoms with Crippen LogP contribution in [0.2, 0.25) is 5.02 Å². The first-order valence-corrected chi connectivity index (χ1v) is 7.72. The summed E-state index contributed by atoms with van der Waals surface area (Å²) in [7, 11) is 0. The lowest BCUT2D eigenvalue weighted by atomic mass is 10.1. The Labute approximate surface area is 127 Å². The first-order valence-electron chi connectivity index (χ1n) is 6.36. The second kappa shape index (κ2) is 7.11. The Kier molecular flexibility index (Phi) is 5.46. The van der Waals surface area contributed by atoms with Crippen LogP contribution in [-0.4, -0.2) is 17.0 Å². The number of halogens is 2. The first kappa shape index (κ1) is 15.4. The molecule has 0 spiro atoms. The zero-order chi connectivity index (χ0) is 14.5. The predicted octanol–water partition coefficient (Wildman–Crippen LogP) is 4.48. The van der Waals surface area contributed by atoms with E-state index in [9.17, 15) is 9.50 Å². The molecule has 2 aromatic rings. The molecule has 2 rings (SSSR count). The summed E-state index contributed by atoms with van der Waals surface area (Å²) in [5, 5.41) is 10.1. The average molecular weight is 311 g/mol. The third kappa shape index (κ3) is 4.51. The third-order valence-corrected chi connectivity index (χ3v) is 4.37. The monoisotopic (exact) mass is 310 g/mol. The van der Waals surface area contributed by atoms with E-state index >= 15 is 0 Å². The molecule has 0 amide bonds. The Hall–Kier alpha value is -1.03. The molecule has 0 aliphatic carbocycles. The highest BCUT2D eigenvalue weighted by molar-refractivity contribution is 7.99. The van der Waals surface area contributed by atoms with E-state index in [4.69, 9.17) is 11.6 Å². The molecule has 0 bridgehead atoms. The Morgan fingerprint density at radius 2 is 1.90 bits per heavy atom. The van der Waals surface area contributed by atoms with Crippen LogP contribution in [0.5, 0.6) is 0 Å². The number of aliphatic hydroxyl groups excluding tert-OH is 1. The summed E-state index contributed by atoms with van der Waals surface area (Å²) in [5.74, 6) is 0.164. The minimum Gasteiger partial charge on any atom is -0.392 e. The van der Waals surface area contributed by atoms with Gasteiger partial charge in [-0.3, -0.25) is 0 Å². The lowest BCUT2D eigenvalue weighted by Gasteiger charge is -2.11. The van der Waals surface area contributed by atoms with Crippen molar-refractivity contribution in [1.29, 1.82) is 0 Å². The smallest absolute Gasteiger partial charge is 0.141 e. The fourth-order valence-electron chi connectivity index (χ4n) is 1.82. The molecule has 0 aromatic heterocycles. The highest BCUT2D eigenvalue weighted by atomic mass is 35.5. The number of thioether (sulfide) groups is 1. The number of aliphatic hydroxyl groups is 1. The van der Waals surface area contributed by atoms with E-state index < -0.39 is 11.9 Å². The average Bonchev–Trinajstić information content (AvgIpc) is 2.42. The normalized spacial score (nSPS) is 12.4. The van der Waals surface area contributed by atoms with Gasteiger partial charge in [0.2, 0.25) is 0 Å². The van der Waals surface area contributed by atoms with Gasteiger partial charge in [-0.15, -0.1) is 11.8 Å². The van der Waals surface area contributed by atoms with Crippen molar-refractivity contribution in [2.24, 2.45) is 0 Å². The largest absolute Gasteiger partial charge is 0.392 e. The van der Waals surface area contributed by atoms with Gasteiger partial charge in [0.1, 0.15) is 5.82 Å². The van der Waals surface area contributed by atoms with Gasteiger partial charge in [0.25, 0.3) is 0 Å². The molecule has 1 unspecified atom stereocenters. The van der Waals surface area contributed by atoms with Crippen LogP contribution < -0.4 is 0 Å². The maximum Gasteiger partial charge on any atom is 0.141 e. The molecule has 4 heteroatoms. The van der Waals surface area contributed by atoms with Crippen molar-refractivity contribution in [2.75, 3.05) is 5.75 Å². The van der Waals surface area contributed by atoms with E-state index in [1.165, 1.54) is 11.6 Å². The van der Waals surface area contributed by atoms with Crippen LogP contribution in [0, 0.1) is 12.7 Å². The van der Waals surface area contributed by atoms with E-state index in [-0.39, 0.29) is 5.02 Å². The fraction of sp³-hybridized carbons (Fsp3) is 0.250. The Balaban J connectivity index is 1.87. The van der Waals surface area contributed by atoms with E-state index in [0.29, 0.717) is 12.2 Å². The SMILES string of the molecule is Cc1ccc(SCC(O)Cc2ccc(F)c(Cl)c2)cc1. The topological polar surface area (TPSA) is 20.2 Å². The second-order valence-corrected chi connectivity index (χ2v) is 6.23. The van der Waals surface area contributed by atoms with Gasteiger partial charge in [-0.2, -0.15) is 0 Å². The Bertz CT molecular complexity index is 571. The van der Waals surface area contributed by atoms with E-state index in [1.807, 2.05) is 19.1 Å². The molecule has 0 saturated carbocycles. The van der Waals surface area contributed by atoms with Crippen molar-refractivity contribution in [3.05, 3.63) is 64.4 Å².